The number of aromatic amines is 1. The van der Waals surface area contributed by atoms with Crippen molar-refractivity contribution in [1.82, 2.24) is 10.2 Å². The fourth-order valence-corrected chi connectivity index (χ4v) is 2.66. The minimum atomic E-state index is -0.147. The van der Waals surface area contributed by atoms with Crippen molar-refractivity contribution in [3.63, 3.8) is 0 Å². The van der Waals surface area contributed by atoms with Crippen LogP contribution < -0.4 is 10.2 Å². The van der Waals surface area contributed by atoms with E-state index in [1.807, 2.05) is 12.1 Å². The molecule has 0 unspecified atom stereocenters. The van der Waals surface area contributed by atoms with Gasteiger partial charge in [-0.05, 0) is 37.1 Å². The second kappa shape index (κ2) is 6.43. The number of nitrogens with zero attached hydrogens (tertiary/aromatic N) is 2. The van der Waals surface area contributed by atoms with Gasteiger partial charge in [-0.25, -0.2) is 0 Å². The first kappa shape index (κ1) is 13.7. The van der Waals surface area contributed by atoms with Gasteiger partial charge in [-0.15, -0.1) is 0 Å². The summed E-state index contributed by atoms with van der Waals surface area (Å²) in [6.45, 7) is 2.25. The van der Waals surface area contributed by atoms with Crippen LogP contribution in [0.1, 0.15) is 36.0 Å². The number of nitrogens with one attached hydrogen (secondary N) is 2. The van der Waals surface area contributed by atoms with Crippen molar-refractivity contribution in [2.45, 2.75) is 25.7 Å². The van der Waals surface area contributed by atoms with E-state index in [-0.39, 0.29) is 5.91 Å². The minimum Gasteiger partial charge on any atom is -0.372 e. The lowest BCUT2D eigenvalue weighted by Gasteiger charge is -2.22. The Labute approximate surface area is 124 Å². The first-order valence-corrected chi connectivity index (χ1v) is 7.48. The van der Waals surface area contributed by atoms with Crippen LogP contribution in [0.4, 0.5) is 11.4 Å². The Hall–Kier alpha value is -2.30. The highest BCUT2D eigenvalue weighted by atomic mass is 16.1. The van der Waals surface area contributed by atoms with Gasteiger partial charge in [0.25, 0.3) is 5.91 Å². The van der Waals surface area contributed by atoms with Crippen LogP contribution in [-0.4, -0.2) is 29.2 Å². The lowest BCUT2D eigenvalue weighted by molar-refractivity contribution is 0.102. The molecule has 3 rings (SSSR count). The van der Waals surface area contributed by atoms with Gasteiger partial charge in [-0.3, -0.25) is 9.89 Å². The molecule has 1 aliphatic heterocycles. The standard InChI is InChI=1S/C16H20N4O/c21-16(13-11-17-18-12-13)19-14-5-7-15(8-6-14)20-9-3-1-2-4-10-20/h5-8,11-12H,1-4,9-10H2,(H,17,18)(H,19,21). The number of amides is 1. The first-order valence-electron chi connectivity index (χ1n) is 7.48. The third-order valence-electron chi connectivity index (χ3n) is 3.86. The zero-order valence-corrected chi connectivity index (χ0v) is 12.0. The van der Waals surface area contributed by atoms with E-state index in [0.717, 1.165) is 18.8 Å². The molecule has 0 atom stereocenters. The van der Waals surface area contributed by atoms with Gasteiger partial charge in [0.15, 0.2) is 0 Å². The van der Waals surface area contributed by atoms with E-state index in [2.05, 4.69) is 32.5 Å². The molecule has 0 radical (unpaired) electrons. The Balaban J connectivity index is 1.65. The Bertz CT molecular complexity index is 569. The van der Waals surface area contributed by atoms with Crippen LogP contribution in [0.3, 0.4) is 0 Å². The molecule has 0 saturated carbocycles. The summed E-state index contributed by atoms with van der Waals surface area (Å²) < 4.78 is 0. The number of hydrogen-bond donors (Lipinski definition) is 2. The van der Waals surface area contributed by atoms with Gasteiger partial charge in [-0.2, -0.15) is 5.10 Å². The molecule has 2 aromatic rings. The predicted molar refractivity (Wildman–Crippen MR) is 83.7 cm³/mol. The van der Waals surface area contributed by atoms with Crippen molar-refractivity contribution in [3.8, 4) is 0 Å². The highest BCUT2D eigenvalue weighted by Crippen LogP contribution is 2.21. The molecule has 0 aliphatic carbocycles. The zero-order valence-electron chi connectivity index (χ0n) is 12.0. The van der Waals surface area contributed by atoms with Crippen LogP contribution in [0.25, 0.3) is 0 Å². The smallest absolute Gasteiger partial charge is 0.258 e. The van der Waals surface area contributed by atoms with Gasteiger partial charge in [0.2, 0.25) is 0 Å². The van der Waals surface area contributed by atoms with Crippen molar-refractivity contribution < 1.29 is 4.79 Å². The molecule has 1 aromatic heterocycles. The molecule has 1 saturated heterocycles. The summed E-state index contributed by atoms with van der Waals surface area (Å²) >= 11 is 0. The number of carbonyl (C=O) groups is 1. The molecule has 2 heterocycles. The summed E-state index contributed by atoms with van der Waals surface area (Å²) in [6.07, 6.45) is 8.28. The highest BCUT2D eigenvalue weighted by molar-refractivity contribution is 6.03. The summed E-state index contributed by atoms with van der Waals surface area (Å²) in [6, 6.07) is 8.07. The minimum absolute atomic E-state index is 0.147. The molecule has 1 aromatic carbocycles. The number of rotatable bonds is 3. The third-order valence-corrected chi connectivity index (χ3v) is 3.86. The molecule has 1 aliphatic rings. The second-order valence-corrected chi connectivity index (χ2v) is 5.39. The molecular formula is C16H20N4O. The molecule has 5 heteroatoms. The second-order valence-electron chi connectivity index (χ2n) is 5.39. The van der Waals surface area contributed by atoms with Crippen molar-refractivity contribution in [1.29, 1.82) is 0 Å². The number of benzene rings is 1. The number of hydrogen-bond acceptors (Lipinski definition) is 3. The lowest BCUT2D eigenvalue weighted by Crippen LogP contribution is -2.23. The summed E-state index contributed by atoms with van der Waals surface area (Å²) in [5.41, 5.74) is 2.57. The van der Waals surface area contributed by atoms with E-state index >= 15 is 0 Å². The maximum Gasteiger partial charge on any atom is 0.258 e. The molecule has 0 bridgehead atoms. The first-order chi connectivity index (χ1) is 10.3. The van der Waals surface area contributed by atoms with Crippen LogP contribution in [0.2, 0.25) is 0 Å². The van der Waals surface area contributed by atoms with Gasteiger partial charge in [-0.1, -0.05) is 12.8 Å². The van der Waals surface area contributed by atoms with Crippen molar-refractivity contribution in [2.24, 2.45) is 0 Å². The lowest BCUT2D eigenvalue weighted by atomic mass is 10.2. The van der Waals surface area contributed by atoms with Crippen LogP contribution in [0.5, 0.6) is 0 Å². The monoisotopic (exact) mass is 284 g/mol. The summed E-state index contributed by atoms with van der Waals surface area (Å²) in [5.74, 6) is -0.147. The van der Waals surface area contributed by atoms with Crippen molar-refractivity contribution >= 4 is 17.3 Å². The molecule has 110 valence electrons. The molecular weight excluding hydrogens is 264 g/mol. The maximum absolute atomic E-state index is 11.9. The predicted octanol–water partition coefficient (Wildman–Crippen LogP) is 3.04. The van der Waals surface area contributed by atoms with E-state index in [0.29, 0.717) is 5.56 Å². The number of anilines is 2. The number of aromatic nitrogens is 2. The van der Waals surface area contributed by atoms with Gasteiger partial charge >= 0.3 is 0 Å². The molecule has 1 amide bonds. The zero-order chi connectivity index (χ0) is 14.5. The topological polar surface area (TPSA) is 61.0 Å². The maximum atomic E-state index is 11.9. The van der Waals surface area contributed by atoms with E-state index in [4.69, 9.17) is 0 Å². The van der Waals surface area contributed by atoms with Crippen LogP contribution in [0, 0.1) is 0 Å². The van der Waals surface area contributed by atoms with Crippen molar-refractivity contribution in [3.05, 3.63) is 42.2 Å². The van der Waals surface area contributed by atoms with Crippen LogP contribution >= 0.6 is 0 Å². The Morgan fingerprint density at radius 1 is 1.10 bits per heavy atom. The van der Waals surface area contributed by atoms with Gasteiger partial charge < -0.3 is 10.2 Å². The van der Waals surface area contributed by atoms with E-state index in [1.54, 1.807) is 6.20 Å². The molecule has 21 heavy (non-hydrogen) atoms. The van der Waals surface area contributed by atoms with E-state index < -0.39 is 0 Å². The quantitative estimate of drug-likeness (QED) is 0.910. The normalized spacial score (nSPS) is 15.5. The number of H-pyrrole nitrogens is 1. The van der Waals surface area contributed by atoms with Crippen LogP contribution in [0.15, 0.2) is 36.7 Å². The van der Waals surface area contributed by atoms with E-state index in [9.17, 15) is 4.79 Å². The molecule has 2 N–H and O–H groups in total. The average Bonchev–Trinajstić information content (AvgIpc) is 2.91. The molecule has 5 nitrogen and oxygen atoms in total. The molecule has 0 spiro atoms. The highest BCUT2D eigenvalue weighted by Gasteiger charge is 2.10. The largest absolute Gasteiger partial charge is 0.372 e. The van der Waals surface area contributed by atoms with Crippen molar-refractivity contribution in [2.75, 3.05) is 23.3 Å². The SMILES string of the molecule is O=C(Nc1ccc(N2CCCCCC2)cc1)c1cn[nH]c1. The summed E-state index contributed by atoms with van der Waals surface area (Å²) in [7, 11) is 0. The molecule has 1 fully saturated rings. The average molecular weight is 284 g/mol. The van der Waals surface area contributed by atoms with Crippen LogP contribution in [-0.2, 0) is 0 Å². The van der Waals surface area contributed by atoms with Gasteiger partial charge in [0.05, 0.1) is 11.8 Å². The summed E-state index contributed by atoms with van der Waals surface area (Å²) in [5, 5.41) is 9.28. The fourth-order valence-electron chi connectivity index (χ4n) is 2.66. The Morgan fingerprint density at radius 2 is 1.81 bits per heavy atom. The summed E-state index contributed by atoms with van der Waals surface area (Å²) in [4.78, 5) is 14.4. The van der Waals surface area contributed by atoms with E-state index in [1.165, 1.54) is 37.6 Å². The van der Waals surface area contributed by atoms with Gasteiger partial charge in [0.1, 0.15) is 0 Å². The Kier molecular flexibility index (Phi) is 4.19. The fraction of sp³-hybridized carbons (Fsp3) is 0.375. The number of carbonyl (C=O) groups excluding carboxylic acids is 1. The van der Waals surface area contributed by atoms with Gasteiger partial charge in [0, 0.05) is 30.7 Å². The third kappa shape index (κ3) is 3.42. The Morgan fingerprint density at radius 3 is 2.43 bits per heavy atom.